The molecule has 1 aromatic heterocycles. The maximum Gasteiger partial charge on any atom is 0.152 e. The van der Waals surface area contributed by atoms with Gasteiger partial charge >= 0.3 is 0 Å². The van der Waals surface area contributed by atoms with Gasteiger partial charge in [-0.1, -0.05) is 0 Å². The van der Waals surface area contributed by atoms with Crippen LogP contribution in [0, 0.1) is 6.92 Å². The van der Waals surface area contributed by atoms with Gasteiger partial charge in [0.1, 0.15) is 5.82 Å². The highest BCUT2D eigenvalue weighted by atomic mass is 32.2. The SMILES string of the molecule is Cc1ncc(C(CN)N2CCS(=O)(=O)CC2)cn1. The quantitative estimate of drug-likeness (QED) is 0.797. The maximum absolute atomic E-state index is 11.4. The summed E-state index contributed by atoms with van der Waals surface area (Å²) >= 11 is 0. The minimum absolute atomic E-state index is 0.00102. The lowest BCUT2D eigenvalue weighted by atomic mass is 10.1. The van der Waals surface area contributed by atoms with Crippen LogP contribution in [0.15, 0.2) is 12.4 Å². The van der Waals surface area contributed by atoms with E-state index in [4.69, 9.17) is 5.73 Å². The van der Waals surface area contributed by atoms with Crippen molar-refractivity contribution in [3.05, 3.63) is 23.8 Å². The van der Waals surface area contributed by atoms with Gasteiger partial charge in [-0.25, -0.2) is 18.4 Å². The van der Waals surface area contributed by atoms with Gasteiger partial charge in [0.15, 0.2) is 9.84 Å². The van der Waals surface area contributed by atoms with Crippen molar-refractivity contribution in [3.8, 4) is 0 Å². The second-order valence-electron chi connectivity index (χ2n) is 4.50. The molecule has 2 rings (SSSR count). The first-order valence-electron chi connectivity index (χ1n) is 5.95. The highest BCUT2D eigenvalue weighted by molar-refractivity contribution is 7.91. The first-order valence-corrected chi connectivity index (χ1v) is 7.77. The summed E-state index contributed by atoms with van der Waals surface area (Å²) in [7, 11) is -2.86. The molecule has 1 aromatic rings. The van der Waals surface area contributed by atoms with Gasteiger partial charge in [0.2, 0.25) is 0 Å². The predicted octanol–water partition coefficient (Wildman–Crippen LogP) is -0.485. The van der Waals surface area contributed by atoms with Crippen molar-refractivity contribution >= 4 is 9.84 Å². The van der Waals surface area contributed by atoms with Crippen LogP contribution in [-0.2, 0) is 9.84 Å². The third-order valence-corrected chi connectivity index (χ3v) is 4.84. The zero-order valence-electron chi connectivity index (χ0n) is 10.4. The normalized spacial score (nSPS) is 21.7. The van der Waals surface area contributed by atoms with Gasteiger partial charge in [0.05, 0.1) is 17.5 Å². The third-order valence-electron chi connectivity index (χ3n) is 3.23. The van der Waals surface area contributed by atoms with E-state index in [-0.39, 0.29) is 17.5 Å². The molecular weight excluding hydrogens is 252 g/mol. The fourth-order valence-electron chi connectivity index (χ4n) is 2.11. The first-order chi connectivity index (χ1) is 8.52. The summed E-state index contributed by atoms with van der Waals surface area (Å²) in [6.07, 6.45) is 3.53. The van der Waals surface area contributed by atoms with Crippen molar-refractivity contribution in [2.75, 3.05) is 31.1 Å². The Bertz CT molecular complexity index is 486. The molecule has 1 fully saturated rings. The molecule has 0 spiro atoms. The molecule has 1 aliphatic rings. The molecule has 100 valence electrons. The van der Waals surface area contributed by atoms with Gasteiger partial charge in [0, 0.05) is 37.6 Å². The van der Waals surface area contributed by atoms with E-state index < -0.39 is 9.84 Å². The molecule has 1 aliphatic heterocycles. The Morgan fingerprint density at radius 1 is 1.33 bits per heavy atom. The predicted molar refractivity (Wildman–Crippen MR) is 68.8 cm³/mol. The maximum atomic E-state index is 11.4. The van der Waals surface area contributed by atoms with E-state index >= 15 is 0 Å². The van der Waals surface area contributed by atoms with Crippen LogP contribution in [0.25, 0.3) is 0 Å². The molecule has 0 saturated carbocycles. The first kappa shape index (κ1) is 13.4. The van der Waals surface area contributed by atoms with Crippen molar-refractivity contribution in [1.29, 1.82) is 0 Å². The topological polar surface area (TPSA) is 89.2 Å². The molecule has 0 aliphatic carbocycles. The van der Waals surface area contributed by atoms with Crippen LogP contribution in [0.2, 0.25) is 0 Å². The standard InChI is InChI=1S/C11H18N4O2S/c1-9-13-7-10(8-14-9)11(6-12)15-2-4-18(16,17)5-3-15/h7-8,11H,2-6,12H2,1H3. The average Bonchev–Trinajstić information content (AvgIpc) is 2.34. The second kappa shape index (κ2) is 5.29. The number of aryl methyl sites for hydroxylation is 1. The smallest absolute Gasteiger partial charge is 0.152 e. The molecular formula is C11H18N4O2S. The second-order valence-corrected chi connectivity index (χ2v) is 6.81. The zero-order chi connectivity index (χ0) is 13.2. The minimum Gasteiger partial charge on any atom is -0.329 e. The highest BCUT2D eigenvalue weighted by Crippen LogP contribution is 2.20. The molecule has 0 aromatic carbocycles. The summed E-state index contributed by atoms with van der Waals surface area (Å²) in [6, 6.07) is 0.00102. The average molecular weight is 270 g/mol. The Morgan fingerprint density at radius 3 is 2.39 bits per heavy atom. The minimum atomic E-state index is -2.86. The summed E-state index contributed by atoms with van der Waals surface area (Å²) in [6.45, 7) is 3.32. The molecule has 1 unspecified atom stereocenters. The zero-order valence-corrected chi connectivity index (χ0v) is 11.2. The number of sulfone groups is 1. The van der Waals surface area contributed by atoms with Gasteiger partial charge in [-0.2, -0.15) is 0 Å². The van der Waals surface area contributed by atoms with E-state index in [1.54, 1.807) is 12.4 Å². The number of hydrogen-bond acceptors (Lipinski definition) is 6. The summed E-state index contributed by atoms with van der Waals surface area (Å²) in [5.41, 5.74) is 6.74. The molecule has 0 amide bonds. The number of nitrogens with zero attached hydrogens (tertiary/aromatic N) is 3. The van der Waals surface area contributed by atoms with Gasteiger partial charge < -0.3 is 5.73 Å². The molecule has 0 bridgehead atoms. The van der Waals surface area contributed by atoms with E-state index in [1.807, 2.05) is 6.92 Å². The Kier molecular flexibility index (Phi) is 3.94. The Morgan fingerprint density at radius 2 is 1.89 bits per heavy atom. The summed E-state index contributed by atoms with van der Waals surface area (Å²) in [5, 5.41) is 0. The third kappa shape index (κ3) is 3.04. The van der Waals surface area contributed by atoms with Crippen molar-refractivity contribution in [1.82, 2.24) is 14.9 Å². The molecule has 7 heteroatoms. The summed E-state index contributed by atoms with van der Waals surface area (Å²) in [5.74, 6) is 1.13. The van der Waals surface area contributed by atoms with Crippen molar-refractivity contribution in [3.63, 3.8) is 0 Å². The number of hydrogen-bond donors (Lipinski definition) is 1. The van der Waals surface area contributed by atoms with E-state index in [0.29, 0.717) is 19.6 Å². The Balaban J connectivity index is 2.12. The number of rotatable bonds is 3. The molecule has 18 heavy (non-hydrogen) atoms. The number of nitrogens with two attached hydrogens (primary N) is 1. The molecule has 2 N–H and O–H groups in total. The highest BCUT2D eigenvalue weighted by Gasteiger charge is 2.27. The van der Waals surface area contributed by atoms with Gasteiger partial charge in [-0.3, -0.25) is 4.90 Å². The molecule has 6 nitrogen and oxygen atoms in total. The van der Waals surface area contributed by atoms with Crippen LogP contribution in [0.4, 0.5) is 0 Å². The summed E-state index contributed by atoms with van der Waals surface area (Å²) < 4.78 is 22.8. The van der Waals surface area contributed by atoms with Crippen molar-refractivity contribution < 1.29 is 8.42 Å². The van der Waals surface area contributed by atoms with E-state index in [1.165, 1.54) is 0 Å². The molecule has 1 atom stereocenters. The fourth-order valence-corrected chi connectivity index (χ4v) is 3.34. The van der Waals surface area contributed by atoms with Crippen LogP contribution in [0.5, 0.6) is 0 Å². The Hall–Kier alpha value is -1.05. The van der Waals surface area contributed by atoms with Crippen LogP contribution in [-0.4, -0.2) is 54.4 Å². The largest absolute Gasteiger partial charge is 0.329 e. The Labute approximate surface area is 107 Å². The molecule has 0 radical (unpaired) electrons. The number of aromatic nitrogens is 2. The molecule has 2 heterocycles. The monoisotopic (exact) mass is 270 g/mol. The van der Waals surface area contributed by atoms with Crippen LogP contribution >= 0.6 is 0 Å². The summed E-state index contributed by atoms with van der Waals surface area (Å²) in [4.78, 5) is 10.4. The van der Waals surface area contributed by atoms with Crippen LogP contribution in [0.1, 0.15) is 17.4 Å². The van der Waals surface area contributed by atoms with Crippen LogP contribution in [0.3, 0.4) is 0 Å². The lowest BCUT2D eigenvalue weighted by molar-refractivity contribution is 0.218. The fraction of sp³-hybridized carbons (Fsp3) is 0.636. The van der Waals surface area contributed by atoms with Crippen LogP contribution < -0.4 is 5.73 Å². The lowest BCUT2D eigenvalue weighted by Gasteiger charge is -2.33. The van der Waals surface area contributed by atoms with E-state index in [2.05, 4.69) is 14.9 Å². The molecule has 1 saturated heterocycles. The lowest BCUT2D eigenvalue weighted by Crippen LogP contribution is -2.44. The van der Waals surface area contributed by atoms with E-state index in [0.717, 1.165) is 11.4 Å². The van der Waals surface area contributed by atoms with Crippen molar-refractivity contribution in [2.24, 2.45) is 5.73 Å². The van der Waals surface area contributed by atoms with Crippen molar-refractivity contribution in [2.45, 2.75) is 13.0 Å². The van der Waals surface area contributed by atoms with Gasteiger partial charge in [-0.05, 0) is 6.92 Å². The van der Waals surface area contributed by atoms with Gasteiger partial charge in [-0.15, -0.1) is 0 Å². The van der Waals surface area contributed by atoms with E-state index in [9.17, 15) is 8.42 Å². The van der Waals surface area contributed by atoms with Gasteiger partial charge in [0.25, 0.3) is 0 Å².